The van der Waals surface area contributed by atoms with Crippen LogP contribution in [0.2, 0.25) is 0 Å². The highest BCUT2D eigenvalue weighted by molar-refractivity contribution is 9.09. The van der Waals surface area contributed by atoms with Crippen molar-refractivity contribution < 1.29 is 4.74 Å². The Kier molecular flexibility index (Phi) is 4.53. The Labute approximate surface area is 110 Å². The summed E-state index contributed by atoms with van der Waals surface area (Å²) in [6.07, 6.45) is 1.91. The molecule has 2 atom stereocenters. The molecule has 0 bridgehead atoms. The zero-order chi connectivity index (χ0) is 12.3. The van der Waals surface area contributed by atoms with Crippen LogP contribution in [0.3, 0.4) is 0 Å². The number of hydrogen-bond donors (Lipinski definition) is 0. The number of alkyl halides is 1. The number of aromatic nitrogens is 3. The second-order valence-electron chi connectivity index (χ2n) is 4.38. The van der Waals surface area contributed by atoms with Gasteiger partial charge >= 0.3 is 0 Å². The van der Waals surface area contributed by atoms with E-state index in [-0.39, 0.29) is 6.10 Å². The van der Waals surface area contributed by atoms with E-state index in [0.29, 0.717) is 6.04 Å². The largest absolute Gasteiger partial charge is 0.374 e. The van der Waals surface area contributed by atoms with E-state index in [0.717, 1.165) is 37.4 Å². The zero-order valence-corrected chi connectivity index (χ0v) is 11.9. The van der Waals surface area contributed by atoms with Crippen LogP contribution >= 0.6 is 15.9 Å². The van der Waals surface area contributed by atoms with Crippen LogP contribution in [0.4, 0.5) is 0 Å². The average molecular weight is 303 g/mol. The minimum absolute atomic E-state index is 0.282. The Hall–Kier alpha value is -0.460. The number of hydrogen-bond acceptors (Lipinski definition) is 4. The number of halogens is 1. The van der Waals surface area contributed by atoms with Crippen LogP contribution in [0.1, 0.15) is 19.7 Å². The van der Waals surface area contributed by atoms with E-state index < -0.39 is 0 Å². The van der Waals surface area contributed by atoms with Crippen LogP contribution in [0.25, 0.3) is 0 Å². The van der Waals surface area contributed by atoms with Gasteiger partial charge in [0.15, 0.2) is 0 Å². The van der Waals surface area contributed by atoms with E-state index >= 15 is 0 Å². The van der Waals surface area contributed by atoms with E-state index in [1.165, 1.54) is 0 Å². The predicted molar refractivity (Wildman–Crippen MR) is 69.1 cm³/mol. The van der Waals surface area contributed by atoms with Gasteiger partial charge in [0.05, 0.1) is 19.3 Å². The molecule has 0 radical (unpaired) electrons. The smallest absolute Gasteiger partial charge is 0.141 e. The maximum atomic E-state index is 5.71. The molecular weight excluding hydrogens is 284 g/mol. The van der Waals surface area contributed by atoms with Crippen LogP contribution < -0.4 is 0 Å². The molecule has 1 aliphatic rings. The fraction of sp³-hybridized carbons (Fsp3) is 0.818. The zero-order valence-electron chi connectivity index (χ0n) is 10.3. The summed E-state index contributed by atoms with van der Waals surface area (Å²) >= 11 is 3.48. The molecular formula is C11H19BrN4O. The molecule has 0 saturated carbocycles. The Balaban J connectivity index is 2.01. The summed E-state index contributed by atoms with van der Waals surface area (Å²) < 4.78 is 7.66. The maximum Gasteiger partial charge on any atom is 0.141 e. The second kappa shape index (κ2) is 5.93. The predicted octanol–water partition coefficient (Wildman–Crippen LogP) is 1.28. The normalized spacial score (nSPS) is 26.3. The van der Waals surface area contributed by atoms with E-state index in [2.05, 4.69) is 44.8 Å². The van der Waals surface area contributed by atoms with E-state index in [1.54, 1.807) is 6.33 Å². The second-order valence-corrected chi connectivity index (χ2v) is 5.03. The third-order valence-corrected chi connectivity index (χ3v) is 3.87. The third kappa shape index (κ3) is 3.05. The molecule has 0 aromatic carbocycles. The third-order valence-electron chi connectivity index (χ3n) is 3.15. The van der Waals surface area contributed by atoms with Crippen molar-refractivity contribution in [3.05, 3.63) is 12.2 Å². The molecule has 2 heterocycles. The first kappa shape index (κ1) is 13.0. The SMILES string of the molecule is CCn1ncnc1CN1CC(CBr)OCC1C. The lowest BCUT2D eigenvalue weighted by atomic mass is 10.2. The van der Waals surface area contributed by atoms with Gasteiger partial charge in [0.2, 0.25) is 0 Å². The highest BCUT2D eigenvalue weighted by Crippen LogP contribution is 2.15. The fourth-order valence-electron chi connectivity index (χ4n) is 2.05. The molecule has 0 amide bonds. The molecule has 1 saturated heterocycles. The molecule has 0 N–H and O–H groups in total. The molecule has 2 rings (SSSR count). The van der Waals surface area contributed by atoms with E-state index in [9.17, 15) is 0 Å². The summed E-state index contributed by atoms with van der Waals surface area (Å²) in [5.41, 5.74) is 0. The molecule has 1 fully saturated rings. The van der Waals surface area contributed by atoms with Gasteiger partial charge in [0.1, 0.15) is 12.2 Å². The highest BCUT2D eigenvalue weighted by atomic mass is 79.9. The van der Waals surface area contributed by atoms with Crippen LogP contribution in [0.5, 0.6) is 0 Å². The number of ether oxygens (including phenoxy) is 1. The lowest BCUT2D eigenvalue weighted by molar-refractivity contribution is -0.0512. The van der Waals surface area contributed by atoms with Crippen molar-refractivity contribution >= 4 is 15.9 Å². The Morgan fingerprint density at radius 3 is 3.12 bits per heavy atom. The van der Waals surface area contributed by atoms with Crippen molar-refractivity contribution in [3.8, 4) is 0 Å². The van der Waals surface area contributed by atoms with Crippen LogP contribution in [0.15, 0.2) is 6.33 Å². The minimum Gasteiger partial charge on any atom is -0.374 e. The van der Waals surface area contributed by atoms with Crippen molar-refractivity contribution in [2.75, 3.05) is 18.5 Å². The van der Waals surface area contributed by atoms with Crippen LogP contribution in [-0.2, 0) is 17.8 Å². The summed E-state index contributed by atoms with van der Waals surface area (Å²) in [6.45, 7) is 7.73. The molecule has 1 aromatic heterocycles. The Morgan fingerprint density at radius 2 is 2.41 bits per heavy atom. The monoisotopic (exact) mass is 302 g/mol. The summed E-state index contributed by atoms with van der Waals surface area (Å²) in [6, 6.07) is 0.437. The van der Waals surface area contributed by atoms with Gasteiger partial charge in [-0.1, -0.05) is 15.9 Å². The summed E-state index contributed by atoms with van der Waals surface area (Å²) in [7, 11) is 0. The van der Waals surface area contributed by atoms with Crippen molar-refractivity contribution in [1.82, 2.24) is 19.7 Å². The van der Waals surface area contributed by atoms with Crippen LogP contribution in [-0.4, -0.2) is 50.3 Å². The lowest BCUT2D eigenvalue weighted by Crippen LogP contribution is -2.48. The Bertz CT molecular complexity index is 357. The van der Waals surface area contributed by atoms with Gasteiger partial charge in [0.25, 0.3) is 0 Å². The summed E-state index contributed by atoms with van der Waals surface area (Å²) in [5.74, 6) is 1.04. The average Bonchev–Trinajstić information content (AvgIpc) is 2.79. The van der Waals surface area contributed by atoms with Crippen molar-refractivity contribution in [1.29, 1.82) is 0 Å². The molecule has 6 heteroatoms. The molecule has 96 valence electrons. The van der Waals surface area contributed by atoms with Crippen LogP contribution in [0, 0.1) is 0 Å². The maximum absolute atomic E-state index is 5.71. The van der Waals surface area contributed by atoms with Gasteiger partial charge < -0.3 is 4.74 Å². The first-order valence-corrected chi connectivity index (χ1v) is 7.15. The minimum atomic E-state index is 0.282. The van der Waals surface area contributed by atoms with Gasteiger partial charge in [-0.15, -0.1) is 0 Å². The van der Waals surface area contributed by atoms with Gasteiger partial charge in [-0.2, -0.15) is 5.10 Å². The number of morpholine rings is 1. The summed E-state index contributed by atoms with van der Waals surface area (Å²) in [5, 5.41) is 5.09. The fourth-order valence-corrected chi connectivity index (χ4v) is 2.44. The standard InChI is InChI=1S/C11H19BrN4O/c1-3-16-11(13-8-14-16)6-15-5-10(4-12)17-7-9(15)2/h8-10H,3-7H2,1-2H3. The first-order chi connectivity index (χ1) is 8.24. The molecule has 1 aliphatic heterocycles. The summed E-state index contributed by atoms with van der Waals surface area (Å²) in [4.78, 5) is 6.73. The molecule has 0 spiro atoms. The van der Waals surface area contributed by atoms with Crippen molar-refractivity contribution in [3.63, 3.8) is 0 Å². The Morgan fingerprint density at radius 1 is 1.59 bits per heavy atom. The first-order valence-electron chi connectivity index (χ1n) is 6.02. The van der Waals surface area contributed by atoms with Gasteiger partial charge in [-0.25, -0.2) is 9.67 Å². The topological polar surface area (TPSA) is 43.2 Å². The van der Waals surface area contributed by atoms with Gasteiger partial charge in [-0.3, -0.25) is 4.90 Å². The number of aryl methyl sites for hydroxylation is 1. The molecule has 5 nitrogen and oxygen atoms in total. The van der Waals surface area contributed by atoms with E-state index in [4.69, 9.17) is 4.74 Å². The number of nitrogens with zero attached hydrogens (tertiary/aromatic N) is 4. The quantitative estimate of drug-likeness (QED) is 0.786. The van der Waals surface area contributed by atoms with E-state index in [1.807, 2.05) is 4.68 Å². The molecule has 2 unspecified atom stereocenters. The molecule has 0 aliphatic carbocycles. The van der Waals surface area contributed by atoms with Gasteiger partial charge in [-0.05, 0) is 13.8 Å². The molecule has 17 heavy (non-hydrogen) atoms. The van der Waals surface area contributed by atoms with Gasteiger partial charge in [0, 0.05) is 24.5 Å². The lowest BCUT2D eigenvalue weighted by Gasteiger charge is -2.37. The van der Waals surface area contributed by atoms with Crippen molar-refractivity contribution in [2.45, 2.75) is 39.1 Å². The molecule has 1 aromatic rings. The van der Waals surface area contributed by atoms with Crippen molar-refractivity contribution in [2.24, 2.45) is 0 Å². The number of rotatable bonds is 4. The highest BCUT2D eigenvalue weighted by Gasteiger charge is 2.26.